The minimum atomic E-state index is -0.353. The molecule has 0 bridgehead atoms. The molecule has 8 nitrogen and oxygen atoms in total. The predicted octanol–water partition coefficient (Wildman–Crippen LogP) is 2.48. The summed E-state index contributed by atoms with van der Waals surface area (Å²) >= 11 is 0. The van der Waals surface area contributed by atoms with Crippen LogP contribution in [-0.4, -0.2) is 40.2 Å². The molecule has 0 spiro atoms. The van der Waals surface area contributed by atoms with Crippen molar-refractivity contribution in [2.45, 2.75) is 0 Å². The number of phenols is 1. The Bertz CT molecular complexity index is 1240. The number of aromatic amines is 1. The molecule has 2 N–H and O–H groups in total. The SMILES string of the molecule is COc1ccc(O)c(/C=N\n2cnc3c([nH]c4cc(OC)ccc43)c2=O)c1. The number of methoxy groups -OCH3 is 2. The van der Waals surface area contributed by atoms with Crippen molar-refractivity contribution in [2.24, 2.45) is 5.10 Å². The molecular weight excluding hydrogens is 348 g/mol. The van der Waals surface area contributed by atoms with Crippen LogP contribution < -0.4 is 15.0 Å². The number of nitrogens with one attached hydrogen (secondary N) is 1. The van der Waals surface area contributed by atoms with Gasteiger partial charge in [0.1, 0.15) is 34.6 Å². The Labute approximate surface area is 153 Å². The summed E-state index contributed by atoms with van der Waals surface area (Å²) in [5, 5.41) is 14.9. The second-order valence-corrected chi connectivity index (χ2v) is 5.82. The zero-order valence-electron chi connectivity index (χ0n) is 14.6. The molecule has 2 heterocycles. The molecule has 0 amide bonds. The average Bonchev–Trinajstić information content (AvgIpc) is 3.07. The van der Waals surface area contributed by atoms with Crippen LogP contribution >= 0.6 is 0 Å². The van der Waals surface area contributed by atoms with E-state index in [0.717, 1.165) is 15.6 Å². The van der Waals surface area contributed by atoms with Crippen LogP contribution in [-0.2, 0) is 0 Å². The van der Waals surface area contributed by atoms with Gasteiger partial charge in [0.05, 0.1) is 26.0 Å². The van der Waals surface area contributed by atoms with Crippen molar-refractivity contribution in [1.29, 1.82) is 0 Å². The molecule has 27 heavy (non-hydrogen) atoms. The molecule has 0 saturated heterocycles. The Morgan fingerprint density at radius 2 is 1.89 bits per heavy atom. The van der Waals surface area contributed by atoms with Gasteiger partial charge in [-0.15, -0.1) is 0 Å². The van der Waals surface area contributed by atoms with Crippen molar-refractivity contribution in [3.63, 3.8) is 0 Å². The van der Waals surface area contributed by atoms with Crippen LogP contribution in [0.3, 0.4) is 0 Å². The van der Waals surface area contributed by atoms with Crippen LogP contribution in [0.4, 0.5) is 0 Å². The van der Waals surface area contributed by atoms with E-state index in [4.69, 9.17) is 9.47 Å². The largest absolute Gasteiger partial charge is 0.507 e. The Kier molecular flexibility index (Phi) is 4.00. The lowest BCUT2D eigenvalue weighted by Gasteiger charge is -2.03. The molecule has 136 valence electrons. The number of H-pyrrole nitrogens is 1. The second-order valence-electron chi connectivity index (χ2n) is 5.82. The highest BCUT2D eigenvalue weighted by atomic mass is 16.5. The molecule has 0 aliphatic rings. The highest BCUT2D eigenvalue weighted by Gasteiger charge is 2.11. The van der Waals surface area contributed by atoms with Gasteiger partial charge in [0.25, 0.3) is 5.56 Å². The summed E-state index contributed by atoms with van der Waals surface area (Å²) in [6, 6.07) is 10.2. The molecule has 0 aliphatic carbocycles. The first-order valence-corrected chi connectivity index (χ1v) is 8.09. The van der Waals surface area contributed by atoms with Crippen molar-refractivity contribution in [1.82, 2.24) is 14.6 Å². The van der Waals surface area contributed by atoms with Crippen molar-refractivity contribution in [3.05, 3.63) is 58.6 Å². The minimum absolute atomic E-state index is 0.0272. The molecule has 0 unspecified atom stereocenters. The number of aromatic hydroxyl groups is 1. The summed E-state index contributed by atoms with van der Waals surface area (Å²) in [6.45, 7) is 0. The maximum atomic E-state index is 12.7. The number of rotatable bonds is 4. The van der Waals surface area contributed by atoms with E-state index in [9.17, 15) is 9.90 Å². The van der Waals surface area contributed by atoms with Crippen molar-refractivity contribution in [2.75, 3.05) is 14.2 Å². The molecule has 2 aromatic heterocycles. The molecule has 4 rings (SSSR count). The molecule has 2 aromatic carbocycles. The van der Waals surface area contributed by atoms with E-state index in [1.54, 1.807) is 25.3 Å². The smallest absolute Gasteiger partial charge is 0.298 e. The van der Waals surface area contributed by atoms with Crippen LogP contribution in [0.25, 0.3) is 21.9 Å². The molecule has 0 aliphatic heterocycles. The van der Waals surface area contributed by atoms with E-state index in [2.05, 4.69) is 15.1 Å². The van der Waals surface area contributed by atoms with E-state index >= 15 is 0 Å². The van der Waals surface area contributed by atoms with Gasteiger partial charge in [-0.1, -0.05) is 0 Å². The van der Waals surface area contributed by atoms with Gasteiger partial charge >= 0.3 is 0 Å². The van der Waals surface area contributed by atoms with Crippen molar-refractivity contribution >= 4 is 28.2 Å². The molecular formula is C19H16N4O4. The van der Waals surface area contributed by atoms with Gasteiger partial charge in [-0.3, -0.25) is 4.79 Å². The zero-order chi connectivity index (χ0) is 19.0. The molecule has 0 atom stereocenters. The molecule has 0 fully saturated rings. The lowest BCUT2D eigenvalue weighted by molar-refractivity contribution is 0.412. The summed E-state index contributed by atoms with van der Waals surface area (Å²) in [6.07, 6.45) is 2.72. The highest BCUT2D eigenvalue weighted by molar-refractivity contribution is 6.04. The third-order valence-corrected chi connectivity index (χ3v) is 4.25. The Balaban J connectivity index is 1.80. The monoisotopic (exact) mass is 364 g/mol. The fourth-order valence-corrected chi connectivity index (χ4v) is 2.83. The summed E-state index contributed by atoms with van der Waals surface area (Å²) in [4.78, 5) is 20.2. The van der Waals surface area contributed by atoms with Crippen molar-refractivity contribution in [3.8, 4) is 17.2 Å². The zero-order valence-corrected chi connectivity index (χ0v) is 14.6. The minimum Gasteiger partial charge on any atom is -0.507 e. The first kappa shape index (κ1) is 16.6. The van der Waals surface area contributed by atoms with Crippen LogP contribution in [0.2, 0.25) is 0 Å². The van der Waals surface area contributed by atoms with Crippen LogP contribution in [0.5, 0.6) is 17.2 Å². The molecule has 0 radical (unpaired) electrons. The maximum Gasteiger partial charge on any atom is 0.298 e. The summed E-state index contributed by atoms with van der Waals surface area (Å²) in [5.41, 5.74) is 1.72. The van der Waals surface area contributed by atoms with Gasteiger partial charge in [-0.2, -0.15) is 9.78 Å². The number of phenolic OH excluding ortho intramolecular Hbond substituents is 1. The number of fused-ring (bicyclic) bond motifs is 3. The molecule has 8 heteroatoms. The Morgan fingerprint density at radius 1 is 1.15 bits per heavy atom. The quantitative estimate of drug-likeness (QED) is 0.542. The van der Waals surface area contributed by atoms with E-state index in [0.29, 0.717) is 28.1 Å². The fourth-order valence-electron chi connectivity index (χ4n) is 2.83. The van der Waals surface area contributed by atoms with Gasteiger partial charge in [0, 0.05) is 17.0 Å². The first-order chi connectivity index (χ1) is 13.1. The standard InChI is InChI=1S/C19H16N4O4/c1-26-12-4-6-16(24)11(7-12)9-21-23-10-20-17-14-5-3-13(27-2)8-15(14)22-18(17)19(23)25/h3-10,22,24H,1-2H3/b21-9-. The third-order valence-electron chi connectivity index (χ3n) is 4.25. The summed E-state index contributed by atoms with van der Waals surface area (Å²) < 4.78 is 11.4. The Hall–Kier alpha value is -3.81. The highest BCUT2D eigenvalue weighted by Crippen LogP contribution is 2.25. The number of hydrogen-bond donors (Lipinski definition) is 2. The second kappa shape index (κ2) is 6.49. The van der Waals surface area contributed by atoms with E-state index < -0.39 is 0 Å². The fraction of sp³-hybridized carbons (Fsp3) is 0.105. The van der Waals surface area contributed by atoms with E-state index in [1.807, 2.05) is 12.1 Å². The van der Waals surface area contributed by atoms with Crippen LogP contribution in [0.15, 0.2) is 52.6 Å². The van der Waals surface area contributed by atoms with E-state index in [-0.39, 0.29) is 11.3 Å². The average molecular weight is 364 g/mol. The maximum absolute atomic E-state index is 12.7. The number of aromatic nitrogens is 3. The van der Waals surface area contributed by atoms with Gasteiger partial charge in [-0.25, -0.2) is 4.98 Å². The van der Waals surface area contributed by atoms with Gasteiger partial charge in [0.2, 0.25) is 0 Å². The number of hydrogen-bond acceptors (Lipinski definition) is 6. The van der Waals surface area contributed by atoms with Gasteiger partial charge < -0.3 is 19.6 Å². The first-order valence-electron chi connectivity index (χ1n) is 8.09. The van der Waals surface area contributed by atoms with E-state index in [1.165, 1.54) is 25.7 Å². The Morgan fingerprint density at radius 3 is 2.67 bits per heavy atom. The van der Waals surface area contributed by atoms with Gasteiger partial charge in [0.15, 0.2) is 0 Å². The molecule has 4 aromatic rings. The predicted molar refractivity (Wildman–Crippen MR) is 102 cm³/mol. The number of nitrogens with zero attached hydrogens (tertiary/aromatic N) is 3. The number of ether oxygens (including phenoxy) is 2. The van der Waals surface area contributed by atoms with Crippen LogP contribution in [0.1, 0.15) is 5.56 Å². The lowest BCUT2D eigenvalue weighted by atomic mass is 10.2. The topological polar surface area (TPSA) is 102 Å². The van der Waals surface area contributed by atoms with Crippen LogP contribution in [0, 0.1) is 0 Å². The molecule has 0 saturated carbocycles. The summed E-state index contributed by atoms with van der Waals surface area (Å²) in [5.74, 6) is 1.28. The van der Waals surface area contributed by atoms with Crippen molar-refractivity contribution < 1.29 is 14.6 Å². The third kappa shape index (κ3) is 2.86. The lowest BCUT2D eigenvalue weighted by Crippen LogP contribution is -2.17. The normalized spacial score (nSPS) is 11.5. The number of benzene rings is 2. The summed E-state index contributed by atoms with van der Waals surface area (Å²) in [7, 11) is 3.11. The van der Waals surface area contributed by atoms with Gasteiger partial charge in [-0.05, 0) is 30.3 Å².